The highest BCUT2D eigenvalue weighted by atomic mass is 16.6. The number of likely N-dealkylation sites (tertiary alicyclic amines) is 1. The van der Waals surface area contributed by atoms with Crippen molar-refractivity contribution >= 4 is 28.8 Å². The molecule has 200 valence electrons. The highest BCUT2D eigenvalue weighted by molar-refractivity contribution is 6.09. The van der Waals surface area contributed by atoms with Gasteiger partial charge in [0.1, 0.15) is 5.60 Å². The third kappa shape index (κ3) is 5.05. The van der Waals surface area contributed by atoms with Crippen molar-refractivity contribution in [3.05, 3.63) is 58.7 Å². The maximum Gasteiger partial charge on any atom is 0.419 e. The van der Waals surface area contributed by atoms with Crippen LogP contribution in [0, 0.1) is 0 Å². The van der Waals surface area contributed by atoms with E-state index in [1.54, 1.807) is 26.2 Å². The summed E-state index contributed by atoms with van der Waals surface area (Å²) in [6, 6.07) is 11.5. The van der Waals surface area contributed by atoms with E-state index in [2.05, 4.69) is 22.3 Å². The number of aromatic nitrogens is 1. The van der Waals surface area contributed by atoms with Gasteiger partial charge in [-0.3, -0.25) is 14.5 Å². The van der Waals surface area contributed by atoms with E-state index in [1.807, 2.05) is 32.9 Å². The van der Waals surface area contributed by atoms with Crippen molar-refractivity contribution in [2.45, 2.75) is 58.7 Å². The van der Waals surface area contributed by atoms with Crippen molar-refractivity contribution < 1.29 is 19.1 Å². The number of nitrogens with one attached hydrogen (secondary N) is 1. The number of carbonyl (C=O) groups excluding carboxylic acids is 3. The second kappa shape index (κ2) is 9.91. The van der Waals surface area contributed by atoms with E-state index in [1.165, 1.54) is 34.3 Å². The van der Waals surface area contributed by atoms with Gasteiger partial charge in [0.2, 0.25) is 0 Å². The van der Waals surface area contributed by atoms with Gasteiger partial charge in [0, 0.05) is 43.7 Å². The molecule has 0 saturated carbocycles. The van der Waals surface area contributed by atoms with Crippen LogP contribution in [0.3, 0.4) is 0 Å². The SMILES string of the molecule is CN(C)C(=O)c1cc2c(c(-c3cc4cc(CN5CCCCC5)ccc4n3C(=O)OC(C)(C)C)c1)C(=O)NC2. The van der Waals surface area contributed by atoms with Crippen LogP contribution in [0.25, 0.3) is 22.2 Å². The molecule has 0 aliphatic carbocycles. The second-order valence-electron chi connectivity index (χ2n) is 11.5. The Balaban J connectivity index is 1.69. The summed E-state index contributed by atoms with van der Waals surface area (Å²) in [7, 11) is 3.39. The molecule has 3 aromatic rings. The number of carbonyl (C=O) groups is 3. The first-order valence-electron chi connectivity index (χ1n) is 13.3. The van der Waals surface area contributed by atoms with Gasteiger partial charge in [-0.05, 0) is 88.2 Å². The highest BCUT2D eigenvalue weighted by Gasteiger charge is 2.30. The molecule has 0 atom stereocenters. The Labute approximate surface area is 223 Å². The molecule has 5 rings (SSSR count). The normalized spacial score (nSPS) is 15.9. The van der Waals surface area contributed by atoms with Crippen LogP contribution in [-0.2, 0) is 17.8 Å². The van der Waals surface area contributed by atoms with Crippen LogP contribution in [0.1, 0.15) is 71.9 Å². The summed E-state index contributed by atoms with van der Waals surface area (Å²) in [4.78, 5) is 43.4. The van der Waals surface area contributed by atoms with Gasteiger partial charge in [0.05, 0.1) is 16.8 Å². The predicted octanol–water partition coefficient (Wildman–Crippen LogP) is 5.02. The average Bonchev–Trinajstić information content (AvgIpc) is 3.43. The molecule has 8 nitrogen and oxygen atoms in total. The first kappa shape index (κ1) is 26.0. The lowest BCUT2D eigenvalue weighted by atomic mass is 9.96. The molecular weight excluding hydrogens is 480 g/mol. The minimum absolute atomic E-state index is 0.169. The fourth-order valence-corrected chi connectivity index (χ4v) is 5.40. The quantitative estimate of drug-likeness (QED) is 0.526. The van der Waals surface area contributed by atoms with Crippen LogP contribution in [-0.4, -0.2) is 65.1 Å². The summed E-state index contributed by atoms with van der Waals surface area (Å²) in [5.41, 5.74) is 3.94. The van der Waals surface area contributed by atoms with Crippen molar-refractivity contribution in [1.29, 1.82) is 0 Å². The Morgan fingerprint density at radius 2 is 1.76 bits per heavy atom. The zero-order valence-corrected chi connectivity index (χ0v) is 22.9. The summed E-state index contributed by atoms with van der Waals surface area (Å²) >= 11 is 0. The monoisotopic (exact) mass is 516 g/mol. The Bertz CT molecular complexity index is 1420. The van der Waals surface area contributed by atoms with E-state index in [-0.39, 0.29) is 11.8 Å². The molecule has 0 bridgehead atoms. The topological polar surface area (TPSA) is 83.9 Å². The van der Waals surface area contributed by atoms with Crippen LogP contribution >= 0.6 is 0 Å². The molecule has 2 amide bonds. The van der Waals surface area contributed by atoms with Gasteiger partial charge in [0.25, 0.3) is 11.8 Å². The third-order valence-corrected chi connectivity index (χ3v) is 7.11. The van der Waals surface area contributed by atoms with Gasteiger partial charge in [-0.2, -0.15) is 0 Å². The number of amides is 2. The molecule has 3 heterocycles. The molecule has 2 aromatic carbocycles. The molecule has 1 saturated heterocycles. The van der Waals surface area contributed by atoms with Crippen LogP contribution in [0.2, 0.25) is 0 Å². The molecule has 2 aliphatic rings. The van der Waals surface area contributed by atoms with Crippen molar-refractivity contribution in [2.75, 3.05) is 27.2 Å². The maximum absolute atomic E-state index is 13.6. The highest BCUT2D eigenvalue weighted by Crippen LogP contribution is 2.36. The van der Waals surface area contributed by atoms with Crippen molar-refractivity contribution in [3.63, 3.8) is 0 Å². The summed E-state index contributed by atoms with van der Waals surface area (Å²) in [6.45, 7) is 8.86. The lowest BCUT2D eigenvalue weighted by Gasteiger charge is -2.26. The van der Waals surface area contributed by atoms with Crippen LogP contribution < -0.4 is 5.32 Å². The lowest BCUT2D eigenvalue weighted by Crippen LogP contribution is -2.29. The minimum atomic E-state index is -0.707. The maximum atomic E-state index is 13.6. The van der Waals surface area contributed by atoms with Crippen LogP contribution in [0.5, 0.6) is 0 Å². The van der Waals surface area contributed by atoms with E-state index in [0.717, 1.165) is 30.6 Å². The van der Waals surface area contributed by atoms with E-state index in [0.29, 0.717) is 34.4 Å². The third-order valence-electron chi connectivity index (χ3n) is 7.11. The molecule has 38 heavy (non-hydrogen) atoms. The van der Waals surface area contributed by atoms with Crippen molar-refractivity contribution in [1.82, 2.24) is 19.7 Å². The van der Waals surface area contributed by atoms with Gasteiger partial charge in [-0.1, -0.05) is 12.5 Å². The van der Waals surface area contributed by atoms with Gasteiger partial charge in [-0.15, -0.1) is 0 Å². The molecule has 0 spiro atoms. The van der Waals surface area contributed by atoms with E-state index < -0.39 is 11.7 Å². The van der Waals surface area contributed by atoms with Crippen LogP contribution in [0.4, 0.5) is 4.79 Å². The summed E-state index contributed by atoms with van der Waals surface area (Å²) < 4.78 is 7.34. The number of ether oxygens (including phenoxy) is 1. The molecule has 0 unspecified atom stereocenters. The summed E-state index contributed by atoms with van der Waals surface area (Å²) in [5.74, 6) is -0.386. The molecule has 1 aromatic heterocycles. The number of rotatable bonds is 4. The number of benzene rings is 2. The number of fused-ring (bicyclic) bond motifs is 2. The van der Waals surface area contributed by atoms with Gasteiger partial charge in [0.15, 0.2) is 0 Å². The van der Waals surface area contributed by atoms with Gasteiger partial charge in [-0.25, -0.2) is 9.36 Å². The molecular formula is C30H36N4O4. The smallest absolute Gasteiger partial charge is 0.419 e. The summed E-state index contributed by atoms with van der Waals surface area (Å²) in [6.07, 6.45) is 3.20. The molecule has 8 heteroatoms. The molecule has 0 radical (unpaired) electrons. The fraction of sp³-hybridized carbons (Fsp3) is 0.433. The number of hydrogen-bond acceptors (Lipinski definition) is 5. The van der Waals surface area contributed by atoms with Crippen LogP contribution in [0.15, 0.2) is 36.4 Å². The number of piperidine rings is 1. The Kier molecular flexibility index (Phi) is 6.77. The zero-order valence-electron chi connectivity index (χ0n) is 22.9. The average molecular weight is 517 g/mol. The molecule has 1 fully saturated rings. The minimum Gasteiger partial charge on any atom is -0.443 e. The summed E-state index contributed by atoms with van der Waals surface area (Å²) in [5, 5.41) is 3.76. The first-order valence-corrected chi connectivity index (χ1v) is 13.3. The number of nitrogens with zero attached hydrogens (tertiary/aromatic N) is 3. The second-order valence-corrected chi connectivity index (χ2v) is 11.5. The molecule has 1 N–H and O–H groups in total. The standard InChI is InChI=1S/C30H36N4O4/c1-30(2,3)38-29(37)34-24-10-9-19(18-33-11-7-6-8-12-33)13-20(24)16-25(34)23-15-21(28(36)32(4)5)14-22-17-31-27(35)26(22)23/h9-10,13-16H,6-8,11-12,17-18H2,1-5H3,(H,31,35). The molecule has 2 aliphatic heterocycles. The number of hydrogen-bond donors (Lipinski definition) is 1. The van der Waals surface area contributed by atoms with E-state index >= 15 is 0 Å². The van der Waals surface area contributed by atoms with E-state index in [4.69, 9.17) is 4.74 Å². The van der Waals surface area contributed by atoms with Crippen molar-refractivity contribution in [3.8, 4) is 11.3 Å². The van der Waals surface area contributed by atoms with Gasteiger partial charge < -0.3 is 15.0 Å². The first-order chi connectivity index (χ1) is 18.0. The Morgan fingerprint density at radius 1 is 1.03 bits per heavy atom. The fourth-order valence-electron chi connectivity index (χ4n) is 5.40. The zero-order chi connectivity index (χ0) is 27.2. The predicted molar refractivity (Wildman–Crippen MR) is 147 cm³/mol. The van der Waals surface area contributed by atoms with E-state index in [9.17, 15) is 14.4 Å². The Hall–Kier alpha value is -3.65. The van der Waals surface area contributed by atoms with Gasteiger partial charge >= 0.3 is 6.09 Å². The Morgan fingerprint density at radius 3 is 2.45 bits per heavy atom. The lowest BCUT2D eigenvalue weighted by molar-refractivity contribution is 0.0546. The van der Waals surface area contributed by atoms with Crippen molar-refractivity contribution in [2.24, 2.45) is 0 Å². The largest absolute Gasteiger partial charge is 0.443 e.